The van der Waals surface area contributed by atoms with Gasteiger partial charge in [-0.2, -0.15) is 0 Å². The first-order valence-electron chi connectivity index (χ1n) is 8.93. The smallest absolute Gasteiger partial charge is 0.287 e. The zero-order valence-electron chi connectivity index (χ0n) is 15.8. The number of carbonyl (C=O) groups is 1. The number of hydrogen-bond acceptors (Lipinski definition) is 7. The van der Waals surface area contributed by atoms with Gasteiger partial charge in [0.1, 0.15) is 23.5 Å². The molecule has 1 aliphatic heterocycles. The van der Waals surface area contributed by atoms with Gasteiger partial charge in [0.15, 0.2) is 6.10 Å². The van der Waals surface area contributed by atoms with Crippen molar-refractivity contribution in [2.75, 3.05) is 38.2 Å². The molecule has 0 spiro atoms. The lowest BCUT2D eigenvalue weighted by Gasteiger charge is -2.36. The lowest BCUT2D eigenvalue weighted by atomic mass is 10.2. The topological polar surface area (TPSA) is 98.0 Å². The fourth-order valence-electron chi connectivity index (χ4n) is 3.02. The van der Waals surface area contributed by atoms with Crippen molar-refractivity contribution in [3.8, 4) is 11.5 Å². The second-order valence-electron chi connectivity index (χ2n) is 6.38. The third-order valence-corrected chi connectivity index (χ3v) is 4.56. The summed E-state index contributed by atoms with van der Waals surface area (Å²) >= 11 is 0. The highest BCUT2D eigenvalue weighted by atomic mass is 16.6. The van der Waals surface area contributed by atoms with E-state index in [2.05, 4.69) is 4.98 Å². The van der Waals surface area contributed by atoms with Gasteiger partial charge in [-0.25, -0.2) is 4.98 Å². The first-order chi connectivity index (χ1) is 13.5. The van der Waals surface area contributed by atoms with Crippen molar-refractivity contribution in [1.82, 2.24) is 9.88 Å². The number of amides is 1. The van der Waals surface area contributed by atoms with Crippen LogP contribution in [0.3, 0.4) is 0 Å². The number of rotatable bonds is 6. The van der Waals surface area contributed by atoms with E-state index in [1.165, 1.54) is 12.3 Å². The molecule has 1 amide bonds. The highest BCUT2D eigenvalue weighted by molar-refractivity contribution is 5.81. The summed E-state index contributed by atoms with van der Waals surface area (Å²) < 4.78 is 10.9. The molecule has 0 radical (unpaired) electrons. The van der Waals surface area contributed by atoms with Crippen LogP contribution in [-0.2, 0) is 4.79 Å². The summed E-state index contributed by atoms with van der Waals surface area (Å²) in [5.74, 6) is 1.83. The van der Waals surface area contributed by atoms with Crippen LogP contribution in [0, 0.1) is 10.1 Å². The standard InChI is InChI=1S/C19H22N4O5/c1-14(28-17-5-3-4-16(12-17)27-2)19(24)22-10-8-21(9-11-22)18-7-6-15(13-20-18)23(25)26/h3-7,12-14H,8-11H2,1-2H3. The number of nitro groups is 1. The lowest BCUT2D eigenvalue weighted by molar-refractivity contribution is -0.385. The third kappa shape index (κ3) is 4.48. The van der Waals surface area contributed by atoms with Crippen LogP contribution < -0.4 is 14.4 Å². The average molecular weight is 386 g/mol. The van der Waals surface area contributed by atoms with E-state index >= 15 is 0 Å². The SMILES string of the molecule is COc1cccc(OC(C)C(=O)N2CCN(c3ccc([N+](=O)[O-])cn3)CC2)c1. The van der Waals surface area contributed by atoms with Crippen molar-refractivity contribution in [1.29, 1.82) is 0 Å². The van der Waals surface area contributed by atoms with Gasteiger partial charge in [0.2, 0.25) is 0 Å². The molecule has 1 saturated heterocycles. The van der Waals surface area contributed by atoms with Gasteiger partial charge >= 0.3 is 0 Å². The number of hydrogen-bond donors (Lipinski definition) is 0. The fraction of sp³-hybridized carbons (Fsp3) is 0.368. The summed E-state index contributed by atoms with van der Waals surface area (Å²) in [6.45, 7) is 3.99. The Morgan fingerprint density at radius 3 is 2.50 bits per heavy atom. The zero-order valence-corrected chi connectivity index (χ0v) is 15.8. The van der Waals surface area contributed by atoms with Crippen LogP contribution >= 0.6 is 0 Å². The minimum atomic E-state index is -0.615. The molecule has 1 aromatic heterocycles. The number of carbonyl (C=O) groups excluding carboxylic acids is 1. The Balaban J connectivity index is 1.54. The minimum Gasteiger partial charge on any atom is -0.497 e. The van der Waals surface area contributed by atoms with E-state index in [1.54, 1.807) is 43.2 Å². The summed E-state index contributed by atoms with van der Waals surface area (Å²) in [5, 5.41) is 10.7. The Labute approximate surface area is 162 Å². The Morgan fingerprint density at radius 2 is 1.89 bits per heavy atom. The van der Waals surface area contributed by atoms with Crippen LogP contribution in [0.15, 0.2) is 42.6 Å². The highest BCUT2D eigenvalue weighted by Crippen LogP contribution is 2.21. The molecular formula is C19H22N4O5. The normalized spacial score (nSPS) is 15.1. The maximum atomic E-state index is 12.7. The van der Waals surface area contributed by atoms with Gasteiger partial charge in [-0.15, -0.1) is 0 Å². The van der Waals surface area contributed by atoms with Crippen LogP contribution in [0.1, 0.15) is 6.92 Å². The number of nitrogens with zero attached hydrogens (tertiary/aromatic N) is 4. The summed E-state index contributed by atoms with van der Waals surface area (Å²) in [5.41, 5.74) is -0.0407. The predicted molar refractivity (Wildman–Crippen MR) is 103 cm³/mol. The van der Waals surface area contributed by atoms with E-state index in [0.717, 1.165) is 0 Å². The maximum Gasteiger partial charge on any atom is 0.287 e. The number of benzene rings is 1. The molecule has 1 aliphatic rings. The summed E-state index contributed by atoms with van der Waals surface area (Å²) in [6, 6.07) is 10.2. The summed E-state index contributed by atoms with van der Waals surface area (Å²) in [7, 11) is 1.58. The summed E-state index contributed by atoms with van der Waals surface area (Å²) in [4.78, 5) is 30.8. The molecule has 1 fully saturated rings. The number of aromatic nitrogens is 1. The van der Waals surface area contributed by atoms with Gasteiger partial charge in [0.05, 0.1) is 12.0 Å². The minimum absolute atomic E-state index is 0.0407. The second-order valence-corrected chi connectivity index (χ2v) is 6.38. The number of piperazine rings is 1. The Bertz CT molecular complexity index is 834. The molecule has 2 heterocycles. The zero-order chi connectivity index (χ0) is 20.1. The monoisotopic (exact) mass is 386 g/mol. The van der Waals surface area contributed by atoms with Crippen molar-refractivity contribution >= 4 is 17.4 Å². The molecule has 1 atom stereocenters. The highest BCUT2D eigenvalue weighted by Gasteiger charge is 2.26. The van der Waals surface area contributed by atoms with Gasteiger partial charge in [0.25, 0.3) is 11.6 Å². The number of ether oxygens (including phenoxy) is 2. The van der Waals surface area contributed by atoms with Gasteiger partial charge in [-0.3, -0.25) is 14.9 Å². The molecule has 0 saturated carbocycles. The molecule has 0 bridgehead atoms. The van der Waals surface area contributed by atoms with Gasteiger partial charge in [-0.05, 0) is 25.1 Å². The average Bonchev–Trinajstić information content (AvgIpc) is 2.73. The van der Waals surface area contributed by atoms with E-state index in [9.17, 15) is 14.9 Å². The van der Waals surface area contributed by atoms with Crippen LogP contribution in [0.2, 0.25) is 0 Å². The van der Waals surface area contributed by atoms with Crippen LogP contribution in [-0.4, -0.2) is 60.1 Å². The Morgan fingerprint density at radius 1 is 1.18 bits per heavy atom. The molecule has 28 heavy (non-hydrogen) atoms. The van der Waals surface area contributed by atoms with Crippen LogP contribution in [0.25, 0.3) is 0 Å². The Kier molecular flexibility index (Phi) is 5.93. The van der Waals surface area contributed by atoms with E-state index in [0.29, 0.717) is 43.5 Å². The van der Waals surface area contributed by atoms with E-state index < -0.39 is 11.0 Å². The molecule has 9 nitrogen and oxygen atoms in total. The molecule has 3 rings (SSSR count). The molecule has 148 valence electrons. The lowest BCUT2D eigenvalue weighted by Crippen LogP contribution is -2.52. The van der Waals surface area contributed by atoms with Gasteiger partial charge < -0.3 is 19.3 Å². The maximum absolute atomic E-state index is 12.7. The molecule has 9 heteroatoms. The number of pyridine rings is 1. The van der Waals surface area contributed by atoms with E-state index in [1.807, 2.05) is 11.0 Å². The van der Waals surface area contributed by atoms with Crippen molar-refractivity contribution in [3.63, 3.8) is 0 Å². The number of methoxy groups -OCH3 is 1. The first-order valence-corrected chi connectivity index (χ1v) is 8.93. The predicted octanol–water partition coefficient (Wildman–Crippen LogP) is 2.11. The van der Waals surface area contributed by atoms with Crippen molar-refractivity contribution in [2.45, 2.75) is 13.0 Å². The molecule has 2 aromatic rings. The first kappa shape index (κ1) is 19.4. The third-order valence-electron chi connectivity index (χ3n) is 4.56. The number of anilines is 1. The quantitative estimate of drug-likeness (QED) is 0.554. The van der Waals surface area contributed by atoms with Crippen molar-refractivity contribution < 1.29 is 19.2 Å². The van der Waals surface area contributed by atoms with Crippen LogP contribution in [0.5, 0.6) is 11.5 Å². The fourth-order valence-corrected chi connectivity index (χ4v) is 3.02. The van der Waals surface area contributed by atoms with E-state index in [4.69, 9.17) is 9.47 Å². The Hall–Kier alpha value is -3.36. The largest absolute Gasteiger partial charge is 0.497 e. The van der Waals surface area contributed by atoms with Crippen molar-refractivity contribution in [3.05, 3.63) is 52.7 Å². The van der Waals surface area contributed by atoms with Gasteiger partial charge in [-0.1, -0.05) is 6.07 Å². The summed E-state index contributed by atoms with van der Waals surface area (Å²) in [6.07, 6.45) is 0.632. The second kappa shape index (κ2) is 8.55. The van der Waals surface area contributed by atoms with Crippen molar-refractivity contribution in [2.24, 2.45) is 0 Å². The molecule has 0 aliphatic carbocycles. The van der Waals surface area contributed by atoms with Gasteiger partial charge in [0, 0.05) is 38.3 Å². The van der Waals surface area contributed by atoms with Crippen LogP contribution in [0.4, 0.5) is 11.5 Å². The van der Waals surface area contributed by atoms with E-state index in [-0.39, 0.29) is 11.6 Å². The molecule has 1 unspecified atom stereocenters. The molecule has 0 N–H and O–H groups in total. The molecular weight excluding hydrogens is 364 g/mol. The molecule has 1 aromatic carbocycles.